The van der Waals surface area contributed by atoms with E-state index >= 15 is 0 Å². The van der Waals surface area contributed by atoms with Crippen LogP contribution in [-0.4, -0.2) is 20.6 Å². The molecule has 2 N–H and O–H groups in total. The lowest BCUT2D eigenvalue weighted by Crippen LogP contribution is -2.21. The number of aromatic hydroxyl groups is 1. The van der Waals surface area contributed by atoms with Gasteiger partial charge in [-0.05, 0) is 24.3 Å². The van der Waals surface area contributed by atoms with Gasteiger partial charge >= 0.3 is 5.69 Å². The highest BCUT2D eigenvalue weighted by Gasteiger charge is 2.32. The Balaban J connectivity index is 2.10. The van der Waals surface area contributed by atoms with Crippen molar-refractivity contribution >= 4 is 21.8 Å². The summed E-state index contributed by atoms with van der Waals surface area (Å²) in [5.41, 5.74) is 2.04. The van der Waals surface area contributed by atoms with Gasteiger partial charge in [0.15, 0.2) is 0 Å². The Morgan fingerprint density at radius 2 is 1.73 bits per heavy atom. The van der Waals surface area contributed by atoms with Crippen molar-refractivity contribution in [2.45, 2.75) is 0 Å². The number of fused-ring (bicyclic) bond motifs is 3. The van der Waals surface area contributed by atoms with E-state index in [-0.39, 0.29) is 11.7 Å². The molecule has 0 fully saturated rings. The second-order valence-electron chi connectivity index (χ2n) is 5.00. The third-order valence-corrected chi connectivity index (χ3v) is 4.23. The van der Waals surface area contributed by atoms with Gasteiger partial charge in [0.2, 0.25) is 0 Å². The highest BCUT2D eigenvalue weighted by atomic mass is 79.9. The first-order chi connectivity index (χ1) is 10.6. The first-order valence-corrected chi connectivity index (χ1v) is 7.35. The van der Waals surface area contributed by atoms with Crippen molar-refractivity contribution in [2.24, 2.45) is 0 Å². The molecule has 108 valence electrons. The van der Waals surface area contributed by atoms with Crippen LogP contribution in [-0.2, 0) is 0 Å². The van der Waals surface area contributed by atoms with E-state index < -0.39 is 5.69 Å². The molecule has 0 amide bonds. The molecule has 1 aliphatic heterocycles. The molecule has 6 heteroatoms. The van der Waals surface area contributed by atoms with Crippen LogP contribution in [0.2, 0.25) is 0 Å². The minimum absolute atomic E-state index is 0.0321. The summed E-state index contributed by atoms with van der Waals surface area (Å²) < 4.78 is 1.87. The van der Waals surface area contributed by atoms with Crippen molar-refractivity contribution in [1.29, 1.82) is 0 Å². The van der Waals surface area contributed by atoms with Crippen LogP contribution in [0.1, 0.15) is 10.4 Å². The minimum atomic E-state index is -0.509. The maximum Gasteiger partial charge on any atom is 0.333 e. The topological polar surface area (TPSA) is 75.1 Å². The molecule has 1 aliphatic rings. The lowest BCUT2D eigenvalue weighted by atomic mass is 10.0. The number of hydrogen-bond acceptors (Lipinski definition) is 3. The fourth-order valence-electron chi connectivity index (χ4n) is 2.78. The van der Waals surface area contributed by atoms with E-state index in [0.717, 1.165) is 9.04 Å². The van der Waals surface area contributed by atoms with Gasteiger partial charge in [0.05, 0.1) is 11.4 Å². The largest absolute Gasteiger partial charge is 0.507 e. The first kappa shape index (κ1) is 13.1. The number of benzene rings is 2. The number of hydrogen-bond donors (Lipinski definition) is 2. The van der Waals surface area contributed by atoms with Crippen LogP contribution in [0.25, 0.3) is 22.5 Å². The van der Waals surface area contributed by atoms with E-state index in [4.69, 9.17) is 0 Å². The number of aromatic amines is 1. The summed E-state index contributed by atoms with van der Waals surface area (Å²) in [6, 6.07) is 12.0. The number of phenolic OH excluding ortho intramolecular Hbond substituents is 1. The van der Waals surface area contributed by atoms with Gasteiger partial charge in [-0.1, -0.05) is 34.1 Å². The molecular weight excluding hydrogens is 348 g/mol. The second kappa shape index (κ2) is 4.45. The number of carbonyl (C=O) groups is 1. The first-order valence-electron chi connectivity index (χ1n) is 6.56. The Morgan fingerprint density at radius 1 is 1.00 bits per heavy atom. The number of rotatable bonds is 1. The molecule has 22 heavy (non-hydrogen) atoms. The summed E-state index contributed by atoms with van der Waals surface area (Å²) in [4.78, 5) is 27.2. The summed E-state index contributed by atoms with van der Waals surface area (Å²) >= 11 is 3.35. The second-order valence-corrected chi connectivity index (χ2v) is 5.92. The molecule has 0 spiro atoms. The van der Waals surface area contributed by atoms with Gasteiger partial charge in [0, 0.05) is 21.2 Å². The molecule has 4 rings (SSSR count). The van der Waals surface area contributed by atoms with Gasteiger partial charge < -0.3 is 10.1 Å². The SMILES string of the molecule is O=C1c2ccccc2-c2c(-c3cc(Br)ccc3O)[nH]c(=O)n21. The molecule has 2 heterocycles. The molecule has 2 aromatic carbocycles. The van der Waals surface area contributed by atoms with Crippen molar-refractivity contribution in [1.82, 2.24) is 9.55 Å². The van der Waals surface area contributed by atoms with E-state index in [9.17, 15) is 14.7 Å². The Hall–Kier alpha value is -2.60. The molecular formula is C16H9BrN2O3. The van der Waals surface area contributed by atoms with Gasteiger partial charge in [-0.2, -0.15) is 0 Å². The molecule has 0 radical (unpaired) electrons. The van der Waals surface area contributed by atoms with Gasteiger partial charge in [-0.3, -0.25) is 4.79 Å². The molecule has 3 aromatic rings. The zero-order valence-corrected chi connectivity index (χ0v) is 12.7. The number of halogens is 1. The molecule has 1 aromatic heterocycles. The number of H-pyrrole nitrogens is 1. The number of carbonyl (C=O) groups excluding carboxylic acids is 1. The molecule has 0 unspecified atom stereocenters. The van der Waals surface area contributed by atoms with Crippen molar-refractivity contribution in [3.05, 3.63) is 63.0 Å². The number of nitrogens with zero attached hydrogens (tertiary/aromatic N) is 1. The normalized spacial score (nSPS) is 12.3. The lowest BCUT2D eigenvalue weighted by molar-refractivity contribution is 0.0965. The van der Waals surface area contributed by atoms with E-state index in [1.807, 2.05) is 6.07 Å². The zero-order chi connectivity index (χ0) is 15.4. The van der Waals surface area contributed by atoms with Gasteiger partial charge in [0.1, 0.15) is 5.75 Å². The molecule has 0 saturated heterocycles. The lowest BCUT2D eigenvalue weighted by Gasteiger charge is -2.06. The minimum Gasteiger partial charge on any atom is -0.507 e. The number of phenols is 1. The Bertz CT molecular complexity index is 1000. The van der Waals surface area contributed by atoms with Crippen LogP contribution in [0.5, 0.6) is 5.75 Å². The molecule has 5 nitrogen and oxygen atoms in total. The maximum atomic E-state index is 12.4. The quantitative estimate of drug-likeness (QED) is 0.550. The van der Waals surface area contributed by atoms with Crippen molar-refractivity contribution in [2.75, 3.05) is 0 Å². The van der Waals surface area contributed by atoms with Crippen LogP contribution in [0.4, 0.5) is 0 Å². The monoisotopic (exact) mass is 356 g/mol. The smallest absolute Gasteiger partial charge is 0.333 e. The van der Waals surface area contributed by atoms with Crippen LogP contribution in [0, 0.1) is 0 Å². The fourth-order valence-corrected chi connectivity index (χ4v) is 3.15. The Labute approximate surface area is 133 Å². The summed E-state index contributed by atoms with van der Waals surface area (Å²) in [6.07, 6.45) is 0. The summed E-state index contributed by atoms with van der Waals surface area (Å²) in [5.74, 6) is -0.322. The molecule has 0 atom stereocenters. The third-order valence-electron chi connectivity index (χ3n) is 3.74. The summed E-state index contributed by atoms with van der Waals surface area (Å²) in [6.45, 7) is 0. The number of nitrogens with one attached hydrogen (secondary N) is 1. The summed E-state index contributed by atoms with van der Waals surface area (Å²) in [5, 5.41) is 10.1. The van der Waals surface area contributed by atoms with Gasteiger partial charge in [-0.15, -0.1) is 0 Å². The zero-order valence-electron chi connectivity index (χ0n) is 11.1. The third kappa shape index (κ3) is 1.64. The van der Waals surface area contributed by atoms with Crippen LogP contribution >= 0.6 is 15.9 Å². The number of imidazole rings is 1. The summed E-state index contributed by atoms with van der Waals surface area (Å²) in [7, 11) is 0. The van der Waals surface area contributed by atoms with E-state index in [1.165, 1.54) is 6.07 Å². The average Bonchev–Trinajstić information content (AvgIpc) is 3.00. The van der Waals surface area contributed by atoms with Crippen molar-refractivity contribution < 1.29 is 9.90 Å². The Kier molecular flexibility index (Phi) is 2.65. The predicted molar refractivity (Wildman–Crippen MR) is 85.0 cm³/mol. The molecule has 0 aliphatic carbocycles. The average molecular weight is 357 g/mol. The van der Waals surface area contributed by atoms with E-state index in [1.54, 1.807) is 30.3 Å². The van der Waals surface area contributed by atoms with E-state index in [2.05, 4.69) is 20.9 Å². The number of aromatic nitrogens is 2. The van der Waals surface area contributed by atoms with Gasteiger partial charge in [-0.25, -0.2) is 9.36 Å². The van der Waals surface area contributed by atoms with Crippen molar-refractivity contribution in [3.8, 4) is 28.3 Å². The predicted octanol–water partition coefficient (Wildman–Crippen LogP) is 2.98. The van der Waals surface area contributed by atoms with Crippen LogP contribution in [0.3, 0.4) is 0 Å². The standard InChI is InChI=1S/C16H9BrN2O3/c17-8-5-6-12(20)11(7-8)13-14-9-3-1-2-4-10(9)15(21)19(14)16(22)18-13/h1-7,20H,(H,18,22). The van der Waals surface area contributed by atoms with Gasteiger partial charge in [0.25, 0.3) is 5.91 Å². The maximum absolute atomic E-state index is 12.4. The Morgan fingerprint density at radius 3 is 2.50 bits per heavy atom. The van der Waals surface area contributed by atoms with E-state index in [0.29, 0.717) is 28.1 Å². The molecule has 0 bridgehead atoms. The highest BCUT2D eigenvalue weighted by molar-refractivity contribution is 9.10. The highest BCUT2D eigenvalue weighted by Crippen LogP contribution is 2.40. The molecule has 0 saturated carbocycles. The van der Waals surface area contributed by atoms with Crippen LogP contribution in [0.15, 0.2) is 51.7 Å². The van der Waals surface area contributed by atoms with Crippen LogP contribution < -0.4 is 5.69 Å². The fraction of sp³-hybridized carbons (Fsp3) is 0. The van der Waals surface area contributed by atoms with Crippen molar-refractivity contribution in [3.63, 3.8) is 0 Å².